The number of H-pyrrole nitrogens is 1. The molecule has 6 heteroatoms. The van der Waals surface area contributed by atoms with Crippen molar-refractivity contribution in [3.63, 3.8) is 0 Å². The van der Waals surface area contributed by atoms with Gasteiger partial charge in [0.1, 0.15) is 0 Å². The highest BCUT2D eigenvalue weighted by molar-refractivity contribution is 5.70. The Balaban J connectivity index is 2.52. The van der Waals surface area contributed by atoms with E-state index < -0.39 is 0 Å². The minimum absolute atomic E-state index is 0.200. The smallest absolute Gasteiger partial charge is 0.239 e. The average molecular weight is 176 g/mol. The summed E-state index contributed by atoms with van der Waals surface area (Å²) in [6.07, 6.45) is 3.18. The molecular weight excluding hydrogens is 168 g/mol. The summed E-state index contributed by atoms with van der Waals surface area (Å²) < 4.78 is 0. The van der Waals surface area contributed by atoms with Crippen LogP contribution in [-0.2, 0) is 0 Å². The summed E-state index contributed by atoms with van der Waals surface area (Å²) in [5.41, 5.74) is 12.3. The Morgan fingerprint density at radius 2 is 2.15 bits per heavy atom. The molecule has 0 aliphatic heterocycles. The fourth-order valence-corrected chi connectivity index (χ4v) is 1.02. The highest BCUT2D eigenvalue weighted by Gasteiger charge is 2.05. The lowest BCUT2D eigenvalue weighted by atomic mass is 10.2. The van der Waals surface area contributed by atoms with Crippen LogP contribution in [0, 0.1) is 0 Å². The van der Waals surface area contributed by atoms with E-state index in [-0.39, 0.29) is 5.95 Å². The van der Waals surface area contributed by atoms with Gasteiger partial charge >= 0.3 is 0 Å². The minimum Gasteiger partial charge on any atom is -0.397 e. The van der Waals surface area contributed by atoms with Crippen molar-refractivity contribution in [2.45, 2.75) is 0 Å². The molecule has 0 amide bonds. The van der Waals surface area contributed by atoms with Crippen molar-refractivity contribution in [1.29, 1.82) is 0 Å². The van der Waals surface area contributed by atoms with E-state index in [4.69, 9.17) is 11.5 Å². The first-order chi connectivity index (χ1) is 6.27. The number of hydrogen-bond acceptors (Lipinski definition) is 5. The molecule has 0 saturated heterocycles. The SMILES string of the molecule is Nc1n[nH]c(-c2ccncc2N)n1. The molecule has 0 radical (unpaired) electrons. The molecule has 13 heavy (non-hydrogen) atoms. The summed E-state index contributed by atoms with van der Waals surface area (Å²) in [7, 11) is 0. The van der Waals surface area contributed by atoms with Gasteiger partial charge in [0.15, 0.2) is 5.82 Å². The van der Waals surface area contributed by atoms with Gasteiger partial charge < -0.3 is 11.5 Å². The zero-order valence-corrected chi connectivity index (χ0v) is 6.73. The zero-order valence-electron chi connectivity index (χ0n) is 6.73. The van der Waals surface area contributed by atoms with Crippen molar-refractivity contribution in [2.24, 2.45) is 0 Å². The number of pyridine rings is 1. The van der Waals surface area contributed by atoms with Gasteiger partial charge in [-0.05, 0) is 6.07 Å². The number of nitrogen functional groups attached to an aromatic ring is 2. The second-order valence-corrected chi connectivity index (χ2v) is 2.51. The van der Waals surface area contributed by atoms with Crippen LogP contribution >= 0.6 is 0 Å². The van der Waals surface area contributed by atoms with Gasteiger partial charge in [-0.2, -0.15) is 4.98 Å². The maximum Gasteiger partial charge on any atom is 0.239 e. The molecule has 0 aromatic carbocycles. The molecule has 0 spiro atoms. The van der Waals surface area contributed by atoms with E-state index >= 15 is 0 Å². The standard InChI is InChI=1S/C7H8N6/c8-5-3-10-2-1-4(5)6-11-7(9)13-12-6/h1-3H,8H2,(H3,9,11,12,13). The van der Waals surface area contributed by atoms with Gasteiger partial charge in [0.25, 0.3) is 0 Å². The van der Waals surface area contributed by atoms with Crippen LogP contribution in [0.5, 0.6) is 0 Å². The van der Waals surface area contributed by atoms with Crippen molar-refractivity contribution in [3.8, 4) is 11.4 Å². The normalized spacial score (nSPS) is 10.2. The number of aromatic nitrogens is 4. The maximum absolute atomic E-state index is 5.67. The van der Waals surface area contributed by atoms with Crippen LogP contribution in [0.1, 0.15) is 0 Å². The van der Waals surface area contributed by atoms with Gasteiger partial charge in [-0.25, -0.2) is 0 Å². The average Bonchev–Trinajstić information content (AvgIpc) is 2.53. The molecule has 6 nitrogen and oxygen atoms in total. The number of aromatic amines is 1. The van der Waals surface area contributed by atoms with E-state index in [2.05, 4.69) is 20.2 Å². The van der Waals surface area contributed by atoms with E-state index in [9.17, 15) is 0 Å². The number of nitrogens with two attached hydrogens (primary N) is 2. The van der Waals surface area contributed by atoms with Crippen molar-refractivity contribution >= 4 is 11.6 Å². The molecule has 2 aromatic rings. The first-order valence-electron chi connectivity index (χ1n) is 3.65. The molecule has 0 unspecified atom stereocenters. The van der Waals surface area contributed by atoms with Crippen LogP contribution in [0.2, 0.25) is 0 Å². The molecule has 2 rings (SSSR count). The highest BCUT2D eigenvalue weighted by atomic mass is 15.3. The first kappa shape index (κ1) is 7.53. The third kappa shape index (κ3) is 1.28. The molecule has 0 atom stereocenters. The van der Waals surface area contributed by atoms with Crippen molar-refractivity contribution in [1.82, 2.24) is 20.2 Å². The highest BCUT2D eigenvalue weighted by Crippen LogP contribution is 2.20. The third-order valence-electron chi connectivity index (χ3n) is 1.61. The van der Waals surface area contributed by atoms with E-state index in [1.54, 1.807) is 18.5 Å². The van der Waals surface area contributed by atoms with Crippen LogP contribution in [0.3, 0.4) is 0 Å². The van der Waals surface area contributed by atoms with E-state index in [1.165, 1.54) is 0 Å². The molecule has 2 aromatic heterocycles. The quantitative estimate of drug-likeness (QED) is 0.568. The van der Waals surface area contributed by atoms with Gasteiger partial charge in [0.2, 0.25) is 5.95 Å². The van der Waals surface area contributed by atoms with Gasteiger partial charge in [0.05, 0.1) is 11.9 Å². The van der Waals surface area contributed by atoms with Gasteiger partial charge in [-0.15, -0.1) is 5.10 Å². The molecule has 0 aliphatic carbocycles. The van der Waals surface area contributed by atoms with Crippen LogP contribution in [-0.4, -0.2) is 20.2 Å². The predicted octanol–water partition coefficient (Wildman–Crippen LogP) is 0.0311. The molecule has 5 N–H and O–H groups in total. The van der Waals surface area contributed by atoms with E-state index in [1.807, 2.05) is 0 Å². The van der Waals surface area contributed by atoms with Crippen LogP contribution < -0.4 is 11.5 Å². The largest absolute Gasteiger partial charge is 0.397 e. The van der Waals surface area contributed by atoms with Crippen molar-refractivity contribution in [3.05, 3.63) is 18.5 Å². The monoisotopic (exact) mass is 176 g/mol. The fourth-order valence-electron chi connectivity index (χ4n) is 1.02. The van der Waals surface area contributed by atoms with Gasteiger partial charge in [-0.3, -0.25) is 10.1 Å². The molecule has 0 saturated carbocycles. The minimum atomic E-state index is 0.200. The number of hydrogen-bond donors (Lipinski definition) is 3. The predicted molar refractivity (Wildman–Crippen MR) is 48.4 cm³/mol. The number of anilines is 2. The lowest BCUT2D eigenvalue weighted by Gasteiger charge is -1.98. The number of nitrogens with one attached hydrogen (secondary N) is 1. The summed E-state index contributed by atoms with van der Waals surface area (Å²) in [4.78, 5) is 7.80. The maximum atomic E-state index is 5.67. The van der Waals surface area contributed by atoms with Gasteiger partial charge in [0, 0.05) is 11.8 Å². The molecule has 0 aliphatic rings. The van der Waals surface area contributed by atoms with Crippen molar-refractivity contribution < 1.29 is 0 Å². The number of rotatable bonds is 1. The Labute approximate surface area is 74.0 Å². The van der Waals surface area contributed by atoms with Crippen LogP contribution in [0.4, 0.5) is 11.6 Å². The van der Waals surface area contributed by atoms with Crippen LogP contribution in [0.15, 0.2) is 18.5 Å². The van der Waals surface area contributed by atoms with E-state index in [0.717, 1.165) is 5.56 Å². The zero-order chi connectivity index (χ0) is 9.26. The lowest BCUT2D eigenvalue weighted by Crippen LogP contribution is -1.92. The van der Waals surface area contributed by atoms with E-state index in [0.29, 0.717) is 11.5 Å². The summed E-state index contributed by atoms with van der Waals surface area (Å²) in [5.74, 6) is 0.753. The Hall–Kier alpha value is -2.11. The Morgan fingerprint density at radius 3 is 2.77 bits per heavy atom. The first-order valence-corrected chi connectivity index (χ1v) is 3.65. The Kier molecular flexibility index (Phi) is 1.59. The lowest BCUT2D eigenvalue weighted by molar-refractivity contribution is 1.10. The van der Waals surface area contributed by atoms with Crippen molar-refractivity contribution in [2.75, 3.05) is 11.5 Å². The van der Waals surface area contributed by atoms with Crippen LogP contribution in [0.25, 0.3) is 11.4 Å². The summed E-state index contributed by atoms with van der Waals surface area (Å²) in [6, 6.07) is 1.75. The van der Waals surface area contributed by atoms with Gasteiger partial charge in [-0.1, -0.05) is 0 Å². The molecular formula is C7H8N6. The fraction of sp³-hybridized carbons (Fsp3) is 0. The second kappa shape index (κ2) is 2.74. The summed E-state index contributed by atoms with van der Waals surface area (Å²) in [5, 5.41) is 6.37. The molecule has 0 fully saturated rings. The second-order valence-electron chi connectivity index (χ2n) is 2.51. The Bertz CT molecular complexity index is 420. The Morgan fingerprint density at radius 1 is 1.31 bits per heavy atom. The molecule has 2 heterocycles. The molecule has 66 valence electrons. The topological polar surface area (TPSA) is 106 Å². The number of nitrogens with zero attached hydrogens (tertiary/aromatic N) is 3. The summed E-state index contributed by atoms with van der Waals surface area (Å²) in [6.45, 7) is 0. The third-order valence-corrected chi connectivity index (χ3v) is 1.61. The molecule has 0 bridgehead atoms. The summed E-state index contributed by atoms with van der Waals surface area (Å²) >= 11 is 0.